The van der Waals surface area contributed by atoms with Gasteiger partial charge in [-0.15, -0.1) is 0 Å². The van der Waals surface area contributed by atoms with E-state index in [-0.39, 0.29) is 5.82 Å². The van der Waals surface area contributed by atoms with Gasteiger partial charge in [0.2, 0.25) is 0 Å². The van der Waals surface area contributed by atoms with Crippen molar-refractivity contribution in [3.63, 3.8) is 0 Å². The minimum Gasteiger partial charge on any atom is -0.340 e. The fourth-order valence-corrected chi connectivity index (χ4v) is 1.36. The summed E-state index contributed by atoms with van der Waals surface area (Å²) in [5.74, 6) is -0.390. The van der Waals surface area contributed by atoms with Crippen molar-refractivity contribution in [1.82, 2.24) is 14.5 Å². The third kappa shape index (κ3) is 2.02. The predicted molar refractivity (Wildman–Crippen MR) is 53.4 cm³/mol. The average Bonchev–Trinajstić information content (AvgIpc) is 2.64. The van der Waals surface area contributed by atoms with Gasteiger partial charge in [-0.1, -0.05) is 0 Å². The first-order chi connectivity index (χ1) is 7.16. The van der Waals surface area contributed by atoms with Crippen LogP contribution in [0.2, 0.25) is 0 Å². The van der Waals surface area contributed by atoms with Crippen LogP contribution < -0.4 is 5.73 Å². The molecule has 0 radical (unpaired) electrons. The molecule has 0 bridgehead atoms. The molecule has 0 spiro atoms. The van der Waals surface area contributed by atoms with Crippen molar-refractivity contribution in [2.24, 2.45) is 12.8 Å². The zero-order chi connectivity index (χ0) is 10.8. The molecular weight excluding hydrogens is 195 g/mol. The van der Waals surface area contributed by atoms with Crippen molar-refractivity contribution in [3.05, 3.63) is 48.1 Å². The van der Waals surface area contributed by atoms with Crippen LogP contribution in [-0.2, 0) is 7.05 Å². The molecule has 78 valence electrons. The van der Waals surface area contributed by atoms with Gasteiger partial charge in [0.25, 0.3) is 0 Å². The lowest BCUT2D eigenvalue weighted by molar-refractivity contribution is 0.616. The Labute approximate surface area is 86.6 Å². The van der Waals surface area contributed by atoms with Gasteiger partial charge in [0.05, 0.1) is 24.3 Å². The summed E-state index contributed by atoms with van der Waals surface area (Å²) in [5.41, 5.74) is 7.23. The molecule has 0 saturated heterocycles. The van der Waals surface area contributed by atoms with E-state index in [1.54, 1.807) is 23.3 Å². The Hall–Kier alpha value is -1.75. The van der Waals surface area contributed by atoms with Crippen LogP contribution in [0.5, 0.6) is 0 Å². The molecule has 4 nitrogen and oxygen atoms in total. The normalized spacial score (nSPS) is 12.7. The SMILES string of the molecule is Cn1cnc(C(N)c2cncc(F)c2)c1. The Balaban J connectivity index is 2.32. The first kappa shape index (κ1) is 9.79. The van der Waals surface area contributed by atoms with E-state index >= 15 is 0 Å². The number of rotatable bonds is 2. The molecule has 5 heteroatoms. The lowest BCUT2D eigenvalue weighted by Crippen LogP contribution is -2.12. The first-order valence-corrected chi connectivity index (χ1v) is 4.50. The molecule has 0 aliphatic carbocycles. The third-order valence-corrected chi connectivity index (χ3v) is 2.13. The lowest BCUT2D eigenvalue weighted by atomic mass is 10.1. The van der Waals surface area contributed by atoms with E-state index in [9.17, 15) is 4.39 Å². The Kier molecular flexibility index (Phi) is 2.47. The van der Waals surface area contributed by atoms with Crippen LogP contribution in [0, 0.1) is 5.82 Å². The fourth-order valence-electron chi connectivity index (χ4n) is 1.36. The van der Waals surface area contributed by atoms with Crippen LogP contribution in [-0.4, -0.2) is 14.5 Å². The standard InChI is InChI=1S/C10H11FN4/c1-15-5-9(14-6-15)10(12)7-2-8(11)4-13-3-7/h2-6,10H,12H2,1H3. The smallest absolute Gasteiger partial charge is 0.141 e. The summed E-state index contributed by atoms with van der Waals surface area (Å²) < 4.78 is 14.7. The maximum Gasteiger partial charge on any atom is 0.141 e. The molecule has 2 aromatic heterocycles. The van der Waals surface area contributed by atoms with E-state index in [2.05, 4.69) is 9.97 Å². The number of aryl methyl sites for hydroxylation is 1. The molecule has 0 fully saturated rings. The van der Waals surface area contributed by atoms with Gasteiger partial charge in [0, 0.05) is 19.4 Å². The number of hydrogen-bond acceptors (Lipinski definition) is 3. The summed E-state index contributed by atoms with van der Waals surface area (Å²) in [6.45, 7) is 0. The van der Waals surface area contributed by atoms with Gasteiger partial charge in [-0.25, -0.2) is 9.37 Å². The summed E-state index contributed by atoms with van der Waals surface area (Å²) in [6, 6.07) is 0.932. The van der Waals surface area contributed by atoms with Crippen molar-refractivity contribution in [2.45, 2.75) is 6.04 Å². The Morgan fingerprint density at radius 3 is 2.87 bits per heavy atom. The zero-order valence-electron chi connectivity index (χ0n) is 8.26. The quantitative estimate of drug-likeness (QED) is 0.797. The molecule has 0 aromatic carbocycles. The topological polar surface area (TPSA) is 56.7 Å². The van der Waals surface area contributed by atoms with Gasteiger partial charge in [-0.2, -0.15) is 0 Å². The Morgan fingerprint density at radius 2 is 2.27 bits per heavy atom. The van der Waals surface area contributed by atoms with Crippen molar-refractivity contribution in [2.75, 3.05) is 0 Å². The molecule has 0 amide bonds. The highest BCUT2D eigenvalue weighted by molar-refractivity contribution is 5.23. The summed E-state index contributed by atoms with van der Waals surface area (Å²) in [6.07, 6.45) is 6.15. The number of hydrogen-bond donors (Lipinski definition) is 1. The molecule has 0 saturated carbocycles. The molecule has 2 aromatic rings. The fraction of sp³-hybridized carbons (Fsp3) is 0.200. The van der Waals surface area contributed by atoms with E-state index in [4.69, 9.17) is 5.73 Å². The summed E-state index contributed by atoms with van der Waals surface area (Å²) in [5, 5.41) is 0. The summed E-state index contributed by atoms with van der Waals surface area (Å²) >= 11 is 0. The minimum absolute atomic E-state index is 0.390. The molecule has 1 atom stereocenters. The molecular formula is C10H11FN4. The van der Waals surface area contributed by atoms with Crippen LogP contribution in [0.3, 0.4) is 0 Å². The van der Waals surface area contributed by atoms with Crippen molar-refractivity contribution in [1.29, 1.82) is 0 Å². The summed E-state index contributed by atoms with van der Waals surface area (Å²) in [7, 11) is 1.85. The largest absolute Gasteiger partial charge is 0.340 e. The van der Waals surface area contributed by atoms with Crippen LogP contribution in [0.1, 0.15) is 17.3 Å². The molecule has 2 N–H and O–H groups in total. The van der Waals surface area contributed by atoms with Crippen LogP contribution in [0.4, 0.5) is 4.39 Å². The Morgan fingerprint density at radius 1 is 1.47 bits per heavy atom. The van der Waals surface area contributed by atoms with E-state index < -0.39 is 6.04 Å². The van der Waals surface area contributed by atoms with Gasteiger partial charge in [0.15, 0.2) is 0 Å². The maximum atomic E-state index is 12.9. The monoisotopic (exact) mass is 206 g/mol. The number of nitrogens with zero attached hydrogens (tertiary/aromatic N) is 3. The highest BCUT2D eigenvalue weighted by atomic mass is 19.1. The number of nitrogens with two attached hydrogens (primary N) is 1. The van der Waals surface area contributed by atoms with Crippen molar-refractivity contribution in [3.8, 4) is 0 Å². The number of halogens is 1. The van der Waals surface area contributed by atoms with Gasteiger partial charge < -0.3 is 10.3 Å². The summed E-state index contributed by atoms with van der Waals surface area (Å²) in [4.78, 5) is 7.86. The second-order valence-electron chi connectivity index (χ2n) is 3.38. The van der Waals surface area contributed by atoms with E-state index in [1.165, 1.54) is 6.07 Å². The lowest BCUT2D eigenvalue weighted by Gasteiger charge is -2.08. The predicted octanol–water partition coefficient (Wildman–Crippen LogP) is 1.00. The molecule has 1 unspecified atom stereocenters. The second-order valence-corrected chi connectivity index (χ2v) is 3.38. The Bertz CT molecular complexity index is 466. The molecule has 0 aliphatic heterocycles. The van der Waals surface area contributed by atoms with Gasteiger partial charge in [-0.3, -0.25) is 4.98 Å². The van der Waals surface area contributed by atoms with Crippen molar-refractivity contribution >= 4 is 0 Å². The number of pyridine rings is 1. The van der Waals surface area contributed by atoms with Gasteiger partial charge in [-0.05, 0) is 11.6 Å². The van der Waals surface area contributed by atoms with Gasteiger partial charge >= 0.3 is 0 Å². The average molecular weight is 206 g/mol. The van der Waals surface area contributed by atoms with Crippen molar-refractivity contribution < 1.29 is 4.39 Å². The second kappa shape index (κ2) is 3.78. The van der Waals surface area contributed by atoms with E-state index in [0.717, 1.165) is 6.20 Å². The third-order valence-electron chi connectivity index (χ3n) is 2.13. The molecule has 0 aliphatic rings. The molecule has 2 heterocycles. The maximum absolute atomic E-state index is 12.9. The highest BCUT2D eigenvalue weighted by Crippen LogP contribution is 2.16. The van der Waals surface area contributed by atoms with Crippen LogP contribution in [0.25, 0.3) is 0 Å². The first-order valence-electron chi connectivity index (χ1n) is 4.50. The van der Waals surface area contributed by atoms with Crippen LogP contribution in [0.15, 0.2) is 31.0 Å². The molecule has 15 heavy (non-hydrogen) atoms. The minimum atomic E-state index is -0.436. The van der Waals surface area contributed by atoms with E-state index in [0.29, 0.717) is 11.3 Å². The zero-order valence-corrected chi connectivity index (χ0v) is 8.26. The number of imidazole rings is 1. The van der Waals surface area contributed by atoms with E-state index in [1.807, 2.05) is 7.05 Å². The highest BCUT2D eigenvalue weighted by Gasteiger charge is 2.12. The van der Waals surface area contributed by atoms with Gasteiger partial charge in [0.1, 0.15) is 5.82 Å². The van der Waals surface area contributed by atoms with Crippen LogP contribution >= 0.6 is 0 Å². The number of aromatic nitrogens is 3. The molecule has 2 rings (SSSR count).